The Balaban J connectivity index is 1.79. The Morgan fingerprint density at radius 2 is 1.94 bits per heavy atom. The van der Waals surface area contributed by atoms with Crippen molar-refractivity contribution < 1.29 is 0 Å². The summed E-state index contributed by atoms with van der Waals surface area (Å²) < 4.78 is 1.14. The molecule has 3 heteroatoms. The van der Waals surface area contributed by atoms with Gasteiger partial charge in [-0.1, -0.05) is 28.4 Å². The average Bonchev–Trinajstić information content (AvgIpc) is 2.88. The van der Waals surface area contributed by atoms with Gasteiger partial charge in [0.05, 0.1) is 0 Å². The van der Waals surface area contributed by atoms with Gasteiger partial charge in [-0.3, -0.25) is 0 Å². The van der Waals surface area contributed by atoms with Crippen LogP contribution in [0.1, 0.15) is 24.8 Å². The minimum atomic E-state index is 0.576. The SMILES string of the molecule is ClCc1ccc(N2CC3CCCC3C2)cc1Br. The Labute approximate surface area is 116 Å². The Morgan fingerprint density at radius 3 is 2.53 bits per heavy atom. The summed E-state index contributed by atoms with van der Waals surface area (Å²) in [5.74, 6) is 2.47. The summed E-state index contributed by atoms with van der Waals surface area (Å²) in [6, 6.07) is 6.57. The van der Waals surface area contributed by atoms with Crippen molar-refractivity contribution in [1.29, 1.82) is 0 Å². The molecule has 2 atom stereocenters. The van der Waals surface area contributed by atoms with Crippen molar-refractivity contribution >= 4 is 33.2 Å². The zero-order valence-corrected chi connectivity index (χ0v) is 12.2. The van der Waals surface area contributed by atoms with Crippen LogP contribution in [0.5, 0.6) is 0 Å². The lowest BCUT2D eigenvalue weighted by Gasteiger charge is -2.20. The maximum atomic E-state index is 5.88. The van der Waals surface area contributed by atoms with Crippen LogP contribution in [0, 0.1) is 11.8 Å². The van der Waals surface area contributed by atoms with Crippen LogP contribution in [0.2, 0.25) is 0 Å². The van der Waals surface area contributed by atoms with Crippen LogP contribution >= 0.6 is 27.5 Å². The lowest BCUT2D eigenvalue weighted by Crippen LogP contribution is -2.20. The molecule has 92 valence electrons. The highest BCUT2D eigenvalue weighted by atomic mass is 79.9. The molecular weight excluding hydrogens is 298 g/mol. The van der Waals surface area contributed by atoms with Crippen LogP contribution in [-0.2, 0) is 5.88 Å². The van der Waals surface area contributed by atoms with E-state index in [1.54, 1.807) is 0 Å². The molecule has 3 rings (SSSR count). The third-order valence-electron chi connectivity index (χ3n) is 4.27. The summed E-state index contributed by atoms with van der Waals surface area (Å²) >= 11 is 9.48. The zero-order chi connectivity index (χ0) is 11.8. The lowest BCUT2D eigenvalue weighted by molar-refractivity contribution is 0.494. The lowest BCUT2D eigenvalue weighted by atomic mass is 10.0. The Morgan fingerprint density at radius 1 is 1.24 bits per heavy atom. The molecule has 1 aromatic carbocycles. The molecule has 1 aliphatic carbocycles. The van der Waals surface area contributed by atoms with E-state index < -0.39 is 0 Å². The summed E-state index contributed by atoms with van der Waals surface area (Å²) in [6.45, 7) is 2.49. The van der Waals surface area contributed by atoms with Crippen molar-refractivity contribution in [3.63, 3.8) is 0 Å². The maximum absolute atomic E-state index is 5.88. The second-order valence-corrected chi connectivity index (χ2v) is 6.39. The van der Waals surface area contributed by atoms with Crippen LogP contribution in [0.15, 0.2) is 22.7 Å². The van der Waals surface area contributed by atoms with E-state index in [-0.39, 0.29) is 0 Å². The number of rotatable bonds is 2. The second-order valence-electron chi connectivity index (χ2n) is 5.27. The van der Waals surface area contributed by atoms with Gasteiger partial charge in [-0.15, -0.1) is 11.6 Å². The van der Waals surface area contributed by atoms with Gasteiger partial charge in [0.1, 0.15) is 0 Å². The van der Waals surface area contributed by atoms with Crippen LogP contribution in [-0.4, -0.2) is 13.1 Å². The molecule has 0 amide bonds. The van der Waals surface area contributed by atoms with Gasteiger partial charge in [-0.25, -0.2) is 0 Å². The van der Waals surface area contributed by atoms with Gasteiger partial charge in [0.25, 0.3) is 0 Å². The minimum Gasteiger partial charge on any atom is -0.371 e. The van der Waals surface area contributed by atoms with Crippen LogP contribution in [0.25, 0.3) is 0 Å². The predicted molar refractivity (Wildman–Crippen MR) is 76.7 cm³/mol. The molecule has 0 N–H and O–H groups in total. The van der Waals surface area contributed by atoms with Crippen LogP contribution < -0.4 is 4.90 Å². The topological polar surface area (TPSA) is 3.24 Å². The maximum Gasteiger partial charge on any atom is 0.0485 e. The monoisotopic (exact) mass is 313 g/mol. The Bertz CT molecular complexity index is 409. The van der Waals surface area contributed by atoms with Gasteiger partial charge in [0.15, 0.2) is 0 Å². The van der Waals surface area contributed by atoms with E-state index in [9.17, 15) is 0 Å². The number of fused-ring (bicyclic) bond motifs is 1. The summed E-state index contributed by atoms with van der Waals surface area (Å²) in [4.78, 5) is 2.54. The number of hydrogen-bond donors (Lipinski definition) is 0. The molecular formula is C14H17BrClN. The number of hydrogen-bond acceptors (Lipinski definition) is 1. The highest BCUT2D eigenvalue weighted by Gasteiger charge is 2.36. The van der Waals surface area contributed by atoms with Crippen molar-refractivity contribution in [3.05, 3.63) is 28.2 Å². The summed E-state index contributed by atoms with van der Waals surface area (Å²) in [5.41, 5.74) is 2.52. The van der Waals surface area contributed by atoms with Crippen molar-refractivity contribution in [2.45, 2.75) is 25.1 Å². The quantitative estimate of drug-likeness (QED) is 0.730. The van der Waals surface area contributed by atoms with Gasteiger partial charge in [-0.2, -0.15) is 0 Å². The Kier molecular flexibility index (Phi) is 3.36. The molecule has 1 aliphatic heterocycles. The summed E-state index contributed by atoms with van der Waals surface area (Å²) in [7, 11) is 0. The molecule has 1 saturated heterocycles. The van der Waals surface area contributed by atoms with Crippen molar-refractivity contribution in [1.82, 2.24) is 0 Å². The first-order chi connectivity index (χ1) is 8.28. The molecule has 0 bridgehead atoms. The smallest absolute Gasteiger partial charge is 0.0485 e. The van der Waals surface area contributed by atoms with E-state index in [1.807, 2.05) is 0 Å². The van der Waals surface area contributed by atoms with Crippen LogP contribution in [0.3, 0.4) is 0 Å². The number of alkyl halides is 1. The van der Waals surface area contributed by atoms with Crippen molar-refractivity contribution in [3.8, 4) is 0 Å². The number of halogens is 2. The second kappa shape index (κ2) is 4.81. The van der Waals surface area contributed by atoms with Crippen molar-refractivity contribution in [2.24, 2.45) is 11.8 Å². The van der Waals surface area contributed by atoms with Gasteiger partial charge in [-0.05, 0) is 42.4 Å². The molecule has 1 nitrogen and oxygen atoms in total. The highest BCUT2D eigenvalue weighted by molar-refractivity contribution is 9.10. The van der Waals surface area contributed by atoms with Gasteiger partial charge in [0, 0.05) is 29.1 Å². The molecule has 0 aromatic heterocycles. The van der Waals surface area contributed by atoms with Gasteiger partial charge >= 0.3 is 0 Å². The van der Waals surface area contributed by atoms with Crippen LogP contribution in [0.4, 0.5) is 5.69 Å². The van der Waals surface area contributed by atoms with E-state index in [2.05, 4.69) is 39.0 Å². The first-order valence-electron chi connectivity index (χ1n) is 6.37. The molecule has 0 radical (unpaired) electrons. The fraction of sp³-hybridized carbons (Fsp3) is 0.571. The largest absolute Gasteiger partial charge is 0.371 e. The van der Waals surface area contributed by atoms with E-state index in [4.69, 9.17) is 11.6 Å². The van der Waals surface area contributed by atoms with E-state index in [0.717, 1.165) is 16.3 Å². The number of anilines is 1. The first-order valence-corrected chi connectivity index (χ1v) is 7.70. The molecule has 17 heavy (non-hydrogen) atoms. The van der Waals surface area contributed by atoms with Crippen molar-refractivity contribution in [2.75, 3.05) is 18.0 Å². The number of nitrogens with zero attached hydrogens (tertiary/aromatic N) is 1. The Hall–Kier alpha value is -0.210. The molecule has 2 fully saturated rings. The third-order valence-corrected chi connectivity index (χ3v) is 5.30. The first kappa shape index (κ1) is 11.9. The fourth-order valence-electron chi connectivity index (χ4n) is 3.29. The molecule has 0 spiro atoms. The molecule has 1 aromatic rings. The molecule has 1 heterocycles. The van der Waals surface area contributed by atoms with E-state index in [0.29, 0.717) is 5.88 Å². The normalized spacial score (nSPS) is 27.5. The highest BCUT2D eigenvalue weighted by Crippen LogP contribution is 2.40. The average molecular weight is 315 g/mol. The standard InChI is InChI=1S/C14H17BrClN/c15-14-6-13(5-4-10(14)7-16)17-8-11-2-1-3-12(11)9-17/h4-6,11-12H,1-3,7-9H2. The summed E-state index contributed by atoms with van der Waals surface area (Å²) in [6.07, 6.45) is 4.31. The predicted octanol–water partition coefficient (Wildman–Crippen LogP) is 4.42. The fourth-order valence-corrected chi connectivity index (χ4v) is 4.19. The van der Waals surface area contributed by atoms with Gasteiger partial charge < -0.3 is 4.90 Å². The third kappa shape index (κ3) is 2.22. The number of benzene rings is 1. The molecule has 2 unspecified atom stereocenters. The van der Waals surface area contributed by atoms with Gasteiger partial charge in [0.2, 0.25) is 0 Å². The zero-order valence-electron chi connectivity index (χ0n) is 9.83. The van der Waals surface area contributed by atoms with E-state index in [1.165, 1.54) is 43.6 Å². The molecule has 2 aliphatic rings. The summed E-state index contributed by atoms with van der Waals surface area (Å²) in [5, 5.41) is 0. The van der Waals surface area contributed by atoms with E-state index >= 15 is 0 Å². The molecule has 1 saturated carbocycles. The minimum absolute atomic E-state index is 0.576.